The van der Waals surface area contributed by atoms with Crippen LogP contribution in [0.1, 0.15) is 6.92 Å². The highest BCUT2D eigenvalue weighted by molar-refractivity contribution is 6.67. The van der Waals surface area contributed by atoms with Crippen LogP contribution >= 0.6 is 0 Å². The van der Waals surface area contributed by atoms with Crippen LogP contribution in [-0.2, 0) is 4.43 Å². The molecule has 1 aromatic carbocycles. The SMILES string of the molecule is CCO[Si](CF)c1ccccc1. The topological polar surface area (TPSA) is 9.23 Å². The molecule has 12 heavy (non-hydrogen) atoms. The van der Waals surface area contributed by atoms with E-state index in [9.17, 15) is 4.39 Å². The minimum atomic E-state index is -1.38. The van der Waals surface area contributed by atoms with Gasteiger partial charge in [-0.1, -0.05) is 30.3 Å². The lowest BCUT2D eigenvalue weighted by atomic mass is 10.4. The fraction of sp³-hybridized carbons (Fsp3) is 0.333. The highest BCUT2D eigenvalue weighted by Gasteiger charge is 2.14. The standard InChI is InChI=1S/C9H12FOSi/c1-2-11-12(8-10)9-6-4-3-5-7-9/h3-7H,2,8H2,1H3. The Balaban J connectivity index is 2.66. The number of hydrogen-bond acceptors (Lipinski definition) is 1. The zero-order valence-electron chi connectivity index (χ0n) is 7.09. The minimum absolute atomic E-state index is 0.359. The second kappa shape index (κ2) is 5.06. The van der Waals surface area contributed by atoms with Crippen LogP contribution in [0, 0.1) is 0 Å². The van der Waals surface area contributed by atoms with Crippen molar-refractivity contribution in [2.24, 2.45) is 0 Å². The number of alkyl halides is 1. The van der Waals surface area contributed by atoms with Crippen LogP contribution in [0.2, 0.25) is 0 Å². The lowest BCUT2D eigenvalue weighted by Gasteiger charge is -2.09. The molecule has 1 nitrogen and oxygen atoms in total. The molecule has 3 heteroatoms. The molecule has 1 rings (SSSR count). The molecular formula is C9H12FOSi. The Morgan fingerprint density at radius 3 is 2.50 bits per heavy atom. The summed E-state index contributed by atoms with van der Waals surface area (Å²) in [5.74, 6) is 0. The molecular weight excluding hydrogens is 171 g/mol. The Morgan fingerprint density at radius 1 is 1.33 bits per heavy atom. The van der Waals surface area contributed by atoms with Crippen molar-refractivity contribution in [2.45, 2.75) is 6.92 Å². The van der Waals surface area contributed by atoms with Crippen molar-refractivity contribution < 1.29 is 8.82 Å². The van der Waals surface area contributed by atoms with E-state index in [4.69, 9.17) is 4.43 Å². The fourth-order valence-corrected chi connectivity index (χ4v) is 2.31. The average molecular weight is 183 g/mol. The van der Waals surface area contributed by atoms with E-state index >= 15 is 0 Å². The Bertz CT molecular complexity index is 215. The minimum Gasteiger partial charge on any atom is -0.410 e. The van der Waals surface area contributed by atoms with Gasteiger partial charge in [-0.15, -0.1) is 0 Å². The molecule has 0 bridgehead atoms. The fourth-order valence-electron chi connectivity index (χ4n) is 0.997. The molecule has 0 aliphatic heterocycles. The van der Waals surface area contributed by atoms with Crippen LogP contribution in [0.3, 0.4) is 0 Å². The molecule has 0 aromatic heterocycles. The van der Waals surface area contributed by atoms with Gasteiger partial charge in [0, 0.05) is 6.61 Å². The predicted octanol–water partition coefficient (Wildman–Crippen LogP) is 1.43. The molecule has 0 saturated carbocycles. The van der Waals surface area contributed by atoms with Crippen molar-refractivity contribution in [3.8, 4) is 0 Å². The molecule has 1 radical (unpaired) electrons. The van der Waals surface area contributed by atoms with Gasteiger partial charge in [0.05, 0.1) is 0 Å². The van der Waals surface area contributed by atoms with Crippen LogP contribution in [0.5, 0.6) is 0 Å². The highest BCUT2D eigenvalue weighted by atomic mass is 28.3. The number of halogens is 1. The number of rotatable bonds is 4. The summed E-state index contributed by atoms with van der Waals surface area (Å²) in [6, 6.07) is 9.59. The second-order valence-electron chi connectivity index (χ2n) is 2.36. The Kier molecular flexibility index (Phi) is 3.97. The maximum absolute atomic E-state index is 12.5. The summed E-state index contributed by atoms with van der Waals surface area (Å²) in [6.07, 6.45) is -0.359. The molecule has 65 valence electrons. The smallest absolute Gasteiger partial charge is 0.279 e. The van der Waals surface area contributed by atoms with E-state index in [-0.39, 0.29) is 6.30 Å². The maximum atomic E-state index is 12.5. The number of hydrogen-bond donors (Lipinski definition) is 0. The van der Waals surface area contributed by atoms with Gasteiger partial charge in [0.1, 0.15) is 6.30 Å². The molecule has 0 N–H and O–H groups in total. The van der Waals surface area contributed by atoms with E-state index in [1.165, 1.54) is 0 Å². The van der Waals surface area contributed by atoms with Gasteiger partial charge in [0.2, 0.25) is 0 Å². The molecule has 0 heterocycles. The van der Waals surface area contributed by atoms with Gasteiger partial charge < -0.3 is 4.43 Å². The van der Waals surface area contributed by atoms with Gasteiger partial charge in [-0.2, -0.15) is 0 Å². The van der Waals surface area contributed by atoms with Gasteiger partial charge in [0.25, 0.3) is 9.04 Å². The van der Waals surface area contributed by atoms with E-state index in [0.29, 0.717) is 6.61 Å². The summed E-state index contributed by atoms with van der Waals surface area (Å²) in [5, 5.41) is 1.01. The highest BCUT2D eigenvalue weighted by Crippen LogP contribution is 1.91. The predicted molar refractivity (Wildman–Crippen MR) is 49.4 cm³/mol. The number of benzene rings is 1. The van der Waals surface area contributed by atoms with Gasteiger partial charge in [0.15, 0.2) is 0 Å². The van der Waals surface area contributed by atoms with Crippen molar-refractivity contribution in [2.75, 3.05) is 12.9 Å². The largest absolute Gasteiger partial charge is 0.410 e. The molecule has 0 spiro atoms. The van der Waals surface area contributed by atoms with E-state index < -0.39 is 9.04 Å². The Morgan fingerprint density at radius 2 is 2.00 bits per heavy atom. The van der Waals surface area contributed by atoms with Crippen LogP contribution in [-0.4, -0.2) is 21.9 Å². The van der Waals surface area contributed by atoms with Gasteiger partial charge in [-0.05, 0) is 12.1 Å². The average Bonchev–Trinajstić information content (AvgIpc) is 2.15. The summed E-state index contributed by atoms with van der Waals surface area (Å²) in [6.45, 7) is 2.48. The van der Waals surface area contributed by atoms with Gasteiger partial charge in [-0.25, -0.2) is 0 Å². The van der Waals surface area contributed by atoms with Crippen molar-refractivity contribution in [1.82, 2.24) is 0 Å². The third-order valence-electron chi connectivity index (χ3n) is 1.54. The Labute approximate surface area is 73.9 Å². The summed E-state index contributed by atoms with van der Waals surface area (Å²) in [7, 11) is -1.38. The summed E-state index contributed by atoms with van der Waals surface area (Å²) >= 11 is 0. The van der Waals surface area contributed by atoms with Crippen molar-refractivity contribution in [3.63, 3.8) is 0 Å². The van der Waals surface area contributed by atoms with Crippen LogP contribution in [0.15, 0.2) is 30.3 Å². The molecule has 0 unspecified atom stereocenters. The first-order chi connectivity index (χ1) is 5.88. The van der Waals surface area contributed by atoms with Crippen molar-refractivity contribution in [3.05, 3.63) is 30.3 Å². The summed E-state index contributed by atoms with van der Waals surface area (Å²) in [4.78, 5) is 0. The monoisotopic (exact) mass is 183 g/mol. The van der Waals surface area contributed by atoms with E-state index in [1.807, 2.05) is 37.3 Å². The first kappa shape index (κ1) is 9.42. The molecule has 0 aliphatic rings. The van der Waals surface area contributed by atoms with E-state index in [1.54, 1.807) is 0 Å². The quantitative estimate of drug-likeness (QED) is 0.642. The lowest BCUT2D eigenvalue weighted by Crippen LogP contribution is -2.35. The normalized spacial score (nSPS) is 10.6. The second-order valence-corrected chi connectivity index (χ2v) is 4.34. The van der Waals surface area contributed by atoms with E-state index in [2.05, 4.69) is 0 Å². The van der Waals surface area contributed by atoms with Crippen molar-refractivity contribution >= 4 is 14.2 Å². The van der Waals surface area contributed by atoms with Crippen LogP contribution in [0.25, 0.3) is 0 Å². The van der Waals surface area contributed by atoms with Gasteiger partial charge >= 0.3 is 0 Å². The van der Waals surface area contributed by atoms with E-state index in [0.717, 1.165) is 5.19 Å². The van der Waals surface area contributed by atoms with Crippen LogP contribution in [0.4, 0.5) is 4.39 Å². The summed E-state index contributed by atoms with van der Waals surface area (Å²) < 4.78 is 17.8. The third-order valence-corrected chi connectivity index (χ3v) is 3.39. The molecule has 0 atom stereocenters. The first-order valence-corrected chi connectivity index (χ1v) is 5.60. The molecule has 1 aromatic rings. The molecule has 0 amide bonds. The first-order valence-electron chi connectivity index (χ1n) is 3.98. The van der Waals surface area contributed by atoms with Crippen molar-refractivity contribution in [1.29, 1.82) is 0 Å². The zero-order valence-corrected chi connectivity index (χ0v) is 8.09. The van der Waals surface area contributed by atoms with Crippen LogP contribution < -0.4 is 5.19 Å². The Hall–Kier alpha value is -0.673. The molecule has 0 aliphatic carbocycles. The third kappa shape index (κ3) is 2.43. The molecule has 0 saturated heterocycles. The maximum Gasteiger partial charge on any atom is 0.279 e. The lowest BCUT2D eigenvalue weighted by molar-refractivity contribution is 0.337. The summed E-state index contributed by atoms with van der Waals surface area (Å²) in [5.41, 5.74) is 0. The van der Waals surface area contributed by atoms with Gasteiger partial charge in [-0.3, -0.25) is 4.39 Å². The zero-order chi connectivity index (χ0) is 8.81. The molecule has 0 fully saturated rings.